The van der Waals surface area contributed by atoms with E-state index >= 15 is 0 Å². The van der Waals surface area contributed by atoms with Gasteiger partial charge in [-0.15, -0.1) is 0 Å². The van der Waals surface area contributed by atoms with Crippen LogP contribution in [0.5, 0.6) is 0 Å². The molecule has 0 aliphatic rings. The van der Waals surface area contributed by atoms with E-state index in [4.69, 9.17) is 16.6 Å². The molecule has 34 heavy (non-hydrogen) atoms. The van der Waals surface area contributed by atoms with Crippen LogP contribution in [0.3, 0.4) is 0 Å². The molecule has 2 heterocycles. The number of pyridine rings is 1. The normalized spacial score (nSPS) is 11.3. The third-order valence-electron chi connectivity index (χ3n) is 6.22. The van der Waals surface area contributed by atoms with Crippen molar-refractivity contribution in [2.24, 2.45) is 0 Å². The average Bonchev–Trinajstić information content (AvgIpc) is 3.19. The largest absolute Gasteiger partial charge is 0.353 e. The Labute approximate surface area is 204 Å². The van der Waals surface area contributed by atoms with E-state index in [1.54, 1.807) is 0 Å². The number of aromatic amines is 1. The maximum atomic E-state index is 12.7. The number of aryl methyl sites for hydroxylation is 3. The zero-order valence-electron chi connectivity index (χ0n) is 19.3. The van der Waals surface area contributed by atoms with E-state index in [0.717, 1.165) is 68.4 Å². The molecule has 5 rings (SSSR count). The fourth-order valence-corrected chi connectivity index (χ4v) is 4.58. The van der Waals surface area contributed by atoms with Crippen molar-refractivity contribution in [1.29, 1.82) is 0 Å². The first-order chi connectivity index (χ1) is 16.5. The Bertz CT molecular complexity index is 1520. The van der Waals surface area contributed by atoms with Gasteiger partial charge in [-0.1, -0.05) is 48.0 Å². The molecule has 5 aromatic rings. The molecule has 4 nitrogen and oxygen atoms in total. The number of nitrogens with one attached hydrogen (secondary N) is 2. The maximum absolute atomic E-state index is 12.7. The Kier molecular flexibility index (Phi) is 6.08. The lowest BCUT2D eigenvalue weighted by Gasteiger charge is -2.10. The molecule has 0 saturated heterocycles. The summed E-state index contributed by atoms with van der Waals surface area (Å²) in [6, 6.07) is 24.2. The van der Waals surface area contributed by atoms with E-state index in [9.17, 15) is 4.79 Å². The predicted octanol–water partition coefficient (Wildman–Crippen LogP) is 7.61. The van der Waals surface area contributed by atoms with Gasteiger partial charge in [0, 0.05) is 33.4 Å². The number of nitrogens with zero attached hydrogens (tertiary/aromatic N) is 1. The van der Waals surface area contributed by atoms with Crippen LogP contribution in [0.2, 0.25) is 5.02 Å². The number of para-hydroxylation sites is 1. The summed E-state index contributed by atoms with van der Waals surface area (Å²) in [5.74, 6) is 0.0250. The number of hydrogen-bond donors (Lipinski definition) is 2. The first kappa shape index (κ1) is 22.2. The Morgan fingerprint density at radius 1 is 1.00 bits per heavy atom. The minimum absolute atomic E-state index is 0.0250. The highest BCUT2D eigenvalue weighted by atomic mass is 35.5. The van der Waals surface area contributed by atoms with Crippen LogP contribution in [0.25, 0.3) is 33.2 Å². The van der Waals surface area contributed by atoms with Crippen LogP contribution in [-0.2, 0) is 11.2 Å². The lowest BCUT2D eigenvalue weighted by atomic mass is 10.0. The summed E-state index contributed by atoms with van der Waals surface area (Å²) in [6.45, 7) is 4.03. The number of aromatic nitrogens is 2. The lowest BCUT2D eigenvalue weighted by Crippen LogP contribution is -2.12. The van der Waals surface area contributed by atoms with Gasteiger partial charge in [0.25, 0.3) is 0 Å². The maximum Gasteiger partial charge on any atom is 0.224 e. The summed E-state index contributed by atoms with van der Waals surface area (Å²) in [5, 5.41) is 5.94. The molecular formula is C29H26ClN3O. The highest BCUT2D eigenvalue weighted by molar-refractivity contribution is 6.31. The monoisotopic (exact) mass is 467 g/mol. The van der Waals surface area contributed by atoms with Gasteiger partial charge >= 0.3 is 0 Å². The first-order valence-electron chi connectivity index (χ1n) is 11.5. The minimum Gasteiger partial charge on any atom is -0.353 e. The average molecular weight is 468 g/mol. The summed E-state index contributed by atoms with van der Waals surface area (Å²) in [6.07, 6.45) is 1.90. The summed E-state index contributed by atoms with van der Waals surface area (Å²) < 4.78 is 0. The number of halogens is 1. The van der Waals surface area contributed by atoms with Crippen LogP contribution < -0.4 is 5.32 Å². The summed E-state index contributed by atoms with van der Waals surface area (Å²) in [5.41, 5.74) is 8.06. The van der Waals surface area contributed by atoms with Gasteiger partial charge in [-0.25, -0.2) is 4.98 Å². The number of carbonyl (C=O) groups excluding carboxylic acids is 1. The Balaban J connectivity index is 1.41. The van der Waals surface area contributed by atoms with E-state index in [0.29, 0.717) is 11.4 Å². The van der Waals surface area contributed by atoms with E-state index in [1.807, 2.05) is 68.4 Å². The molecule has 0 aliphatic heterocycles. The van der Waals surface area contributed by atoms with Crippen LogP contribution in [-0.4, -0.2) is 15.9 Å². The van der Waals surface area contributed by atoms with Crippen molar-refractivity contribution in [1.82, 2.24) is 9.97 Å². The van der Waals surface area contributed by atoms with E-state index in [-0.39, 0.29) is 5.91 Å². The molecule has 0 radical (unpaired) electrons. The molecule has 5 heteroatoms. The molecule has 0 unspecified atom stereocenters. The molecule has 3 aromatic carbocycles. The molecule has 1 amide bonds. The van der Waals surface area contributed by atoms with Crippen molar-refractivity contribution < 1.29 is 4.79 Å². The van der Waals surface area contributed by atoms with E-state index in [1.165, 1.54) is 0 Å². The van der Waals surface area contributed by atoms with Crippen molar-refractivity contribution in [2.45, 2.75) is 33.1 Å². The van der Waals surface area contributed by atoms with E-state index in [2.05, 4.69) is 28.5 Å². The van der Waals surface area contributed by atoms with Gasteiger partial charge in [-0.3, -0.25) is 4.79 Å². The predicted molar refractivity (Wildman–Crippen MR) is 142 cm³/mol. The number of hydrogen-bond acceptors (Lipinski definition) is 2. The van der Waals surface area contributed by atoms with Gasteiger partial charge in [0.1, 0.15) is 0 Å². The fraction of sp³-hybridized carbons (Fsp3) is 0.172. The van der Waals surface area contributed by atoms with Crippen LogP contribution >= 0.6 is 11.6 Å². The van der Waals surface area contributed by atoms with Gasteiger partial charge in [0.05, 0.1) is 16.9 Å². The smallest absolute Gasteiger partial charge is 0.224 e. The third kappa shape index (κ3) is 4.55. The molecule has 2 N–H and O–H groups in total. The quantitative estimate of drug-likeness (QED) is 0.270. The van der Waals surface area contributed by atoms with Gasteiger partial charge in [0.2, 0.25) is 5.91 Å². The highest BCUT2D eigenvalue weighted by Crippen LogP contribution is 2.33. The third-order valence-corrected chi connectivity index (χ3v) is 6.46. The number of amides is 1. The summed E-state index contributed by atoms with van der Waals surface area (Å²) in [7, 11) is 0. The second-order valence-corrected chi connectivity index (χ2v) is 9.21. The zero-order valence-corrected chi connectivity index (χ0v) is 20.0. The Morgan fingerprint density at radius 3 is 2.74 bits per heavy atom. The van der Waals surface area contributed by atoms with Crippen molar-refractivity contribution in [3.63, 3.8) is 0 Å². The molecule has 0 atom stereocenters. The second-order valence-electron chi connectivity index (χ2n) is 8.78. The Morgan fingerprint density at radius 2 is 1.85 bits per heavy atom. The Hall–Kier alpha value is -3.63. The summed E-state index contributed by atoms with van der Waals surface area (Å²) in [4.78, 5) is 21.1. The van der Waals surface area contributed by atoms with Crippen molar-refractivity contribution in [3.05, 3.63) is 94.5 Å². The molecule has 170 valence electrons. The van der Waals surface area contributed by atoms with Crippen LogP contribution in [0.4, 0.5) is 5.69 Å². The molecule has 0 aliphatic carbocycles. The molecular weight excluding hydrogens is 442 g/mol. The second kappa shape index (κ2) is 9.32. The number of rotatable bonds is 6. The highest BCUT2D eigenvalue weighted by Gasteiger charge is 2.16. The van der Waals surface area contributed by atoms with Crippen molar-refractivity contribution in [2.75, 3.05) is 5.32 Å². The first-order valence-corrected chi connectivity index (χ1v) is 11.9. The molecule has 0 spiro atoms. The van der Waals surface area contributed by atoms with Crippen LogP contribution in [0.15, 0.2) is 72.8 Å². The number of anilines is 1. The van der Waals surface area contributed by atoms with Crippen LogP contribution in [0, 0.1) is 13.8 Å². The van der Waals surface area contributed by atoms with Gasteiger partial charge in [0.15, 0.2) is 0 Å². The zero-order chi connectivity index (χ0) is 23.7. The molecule has 0 bridgehead atoms. The van der Waals surface area contributed by atoms with Gasteiger partial charge in [-0.2, -0.15) is 0 Å². The number of fused-ring (bicyclic) bond motifs is 2. The minimum atomic E-state index is 0.0250. The number of benzene rings is 3. The van der Waals surface area contributed by atoms with Gasteiger partial charge < -0.3 is 10.3 Å². The number of H-pyrrole nitrogens is 1. The van der Waals surface area contributed by atoms with Gasteiger partial charge in [-0.05, 0) is 79.8 Å². The molecule has 0 fully saturated rings. The van der Waals surface area contributed by atoms with Crippen molar-refractivity contribution >= 4 is 45.0 Å². The molecule has 2 aromatic heterocycles. The van der Waals surface area contributed by atoms with Crippen LogP contribution in [0.1, 0.15) is 29.5 Å². The number of carbonyl (C=O) groups is 1. The molecule has 0 saturated carbocycles. The standard InChI is InChI=1S/C29H26ClN3O/c1-18-10-11-19(2)27(16-18)32-28(34)9-5-7-22-23-17-21(30)13-15-25(23)33-29(22)26-14-12-20-6-3-4-8-24(20)31-26/h3-4,6,8,10-17,33H,5,7,9H2,1-2H3,(H,32,34). The SMILES string of the molecule is Cc1ccc(C)c(NC(=O)CCCc2c(-c3ccc4ccccc4n3)[nH]c3ccc(Cl)cc23)c1. The summed E-state index contributed by atoms with van der Waals surface area (Å²) >= 11 is 6.33. The van der Waals surface area contributed by atoms with Crippen molar-refractivity contribution in [3.8, 4) is 11.4 Å². The topological polar surface area (TPSA) is 57.8 Å². The van der Waals surface area contributed by atoms with E-state index < -0.39 is 0 Å². The lowest BCUT2D eigenvalue weighted by molar-refractivity contribution is -0.116. The fourth-order valence-electron chi connectivity index (χ4n) is 4.41.